The van der Waals surface area contributed by atoms with Crippen molar-refractivity contribution in [3.05, 3.63) is 35.4 Å². The van der Waals surface area contributed by atoms with Crippen LogP contribution in [0.15, 0.2) is 18.2 Å². The van der Waals surface area contributed by atoms with Gasteiger partial charge in [0.15, 0.2) is 11.6 Å². The van der Waals surface area contributed by atoms with Gasteiger partial charge in [-0.15, -0.1) is 0 Å². The molecule has 0 heterocycles. The normalized spacial score (nSPS) is 10.0. The predicted octanol–water partition coefficient (Wildman–Crippen LogP) is 2.18. The van der Waals surface area contributed by atoms with Crippen molar-refractivity contribution in [3.63, 3.8) is 0 Å². The lowest BCUT2D eigenvalue weighted by Crippen LogP contribution is -2.08. The Bertz CT molecular complexity index is 325. The molecule has 0 aliphatic heterocycles. The van der Waals surface area contributed by atoms with Crippen molar-refractivity contribution in [2.75, 3.05) is 0 Å². The molecule has 0 aliphatic rings. The third-order valence-electron chi connectivity index (χ3n) is 1.64. The Labute approximate surface area is 80.6 Å². The molecule has 0 unspecified atom stereocenters. The predicted molar refractivity (Wildman–Crippen MR) is 51.5 cm³/mol. The van der Waals surface area contributed by atoms with Gasteiger partial charge in [0, 0.05) is 6.42 Å². The number of nitrogens with two attached hydrogens (primary N) is 1. The summed E-state index contributed by atoms with van der Waals surface area (Å²) in [6.07, 6.45) is 1.06. The van der Waals surface area contributed by atoms with Gasteiger partial charge in [0.1, 0.15) is 0 Å². The monoisotopic (exact) mass is 201 g/mol. The van der Waals surface area contributed by atoms with Gasteiger partial charge in [-0.05, 0) is 24.1 Å². The van der Waals surface area contributed by atoms with Crippen LogP contribution in [-0.2, 0) is 6.42 Å². The average molecular weight is 201 g/mol. The van der Waals surface area contributed by atoms with E-state index in [1.165, 1.54) is 6.07 Å². The van der Waals surface area contributed by atoms with Gasteiger partial charge < -0.3 is 5.73 Å². The molecule has 1 aromatic carbocycles. The number of thiocarbonyl (C=S) groups is 1. The summed E-state index contributed by atoms with van der Waals surface area (Å²) in [7, 11) is 0. The first-order valence-corrected chi connectivity index (χ1v) is 4.22. The third kappa shape index (κ3) is 3.06. The van der Waals surface area contributed by atoms with Gasteiger partial charge in [-0.1, -0.05) is 18.3 Å². The van der Waals surface area contributed by atoms with Crippen LogP contribution >= 0.6 is 12.2 Å². The summed E-state index contributed by atoms with van der Waals surface area (Å²) in [6, 6.07) is 3.79. The maximum Gasteiger partial charge on any atom is 0.159 e. The SMILES string of the molecule is NC(=S)CCc1ccc(F)c(F)c1. The van der Waals surface area contributed by atoms with E-state index in [4.69, 9.17) is 5.73 Å². The lowest BCUT2D eigenvalue weighted by Gasteiger charge is -2.00. The molecular weight excluding hydrogens is 192 g/mol. The van der Waals surface area contributed by atoms with Crippen molar-refractivity contribution in [3.8, 4) is 0 Å². The maximum atomic E-state index is 12.7. The zero-order chi connectivity index (χ0) is 9.84. The van der Waals surface area contributed by atoms with Gasteiger partial charge in [0.25, 0.3) is 0 Å². The average Bonchev–Trinajstić information content (AvgIpc) is 2.07. The van der Waals surface area contributed by atoms with Crippen LogP contribution in [0.5, 0.6) is 0 Å². The van der Waals surface area contributed by atoms with E-state index in [1.807, 2.05) is 0 Å². The molecular formula is C9H9F2NS. The van der Waals surface area contributed by atoms with E-state index in [0.717, 1.165) is 12.1 Å². The highest BCUT2D eigenvalue weighted by molar-refractivity contribution is 7.80. The van der Waals surface area contributed by atoms with Crippen molar-refractivity contribution in [2.45, 2.75) is 12.8 Å². The molecule has 1 aromatic rings. The highest BCUT2D eigenvalue weighted by atomic mass is 32.1. The van der Waals surface area contributed by atoms with Crippen LogP contribution in [-0.4, -0.2) is 4.99 Å². The molecule has 0 radical (unpaired) electrons. The first kappa shape index (κ1) is 10.1. The molecule has 13 heavy (non-hydrogen) atoms. The Morgan fingerprint density at radius 2 is 2.00 bits per heavy atom. The highest BCUT2D eigenvalue weighted by Crippen LogP contribution is 2.10. The van der Waals surface area contributed by atoms with Crippen molar-refractivity contribution in [1.29, 1.82) is 0 Å². The molecule has 0 bridgehead atoms. The van der Waals surface area contributed by atoms with E-state index in [0.29, 0.717) is 23.4 Å². The molecule has 1 nitrogen and oxygen atoms in total. The van der Waals surface area contributed by atoms with Crippen LogP contribution in [0.3, 0.4) is 0 Å². The second kappa shape index (κ2) is 4.28. The Hall–Kier alpha value is -1.03. The van der Waals surface area contributed by atoms with Gasteiger partial charge in [-0.2, -0.15) is 0 Å². The van der Waals surface area contributed by atoms with E-state index in [-0.39, 0.29) is 0 Å². The van der Waals surface area contributed by atoms with Crippen LogP contribution in [0, 0.1) is 11.6 Å². The fraction of sp³-hybridized carbons (Fsp3) is 0.222. The highest BCUT2D eigenvalue weighted by Gasteiger charge is 2.02. The number of aryl methyl sites for hydroxylation is 1. The van der Waals surface area contributed by atoms with Gasteiger partial charge in [0.2, 0.25) is 0 Å². The minimum absolute atomic E-state index is 0.379. The van der Waals surface area contributed by atoms with Crippen molar-refractivity contribution in [2.24, 2.45) is 5.73 Å². The molecule has 2 N–H and O–H groups in total. The van der Waals surface area contributed by atoms with Gasteiger partial charge in [0.05, 0.1) is 4.99 Å². The van der Waals surface area contributed by atoms with Crippen LogP contribution in [0.1, 0.15) is 12.0 Å². The van der Waals surface area contributed by atoms with E-state index in [9.17, 15) is 8.78 Å². The molecule has 0 saturated carbocycles. The molecule has 0 aliphatic carbocycles. The standard InChI is InChI=1S/C9H9F2NS/c10-7-3-1-6(5-8(7)11)2-4-9(12)13/h1,3,5H,2,4H2,(H2,12,13). The molecule has 0 amide bonds. The maximum absolute atomic E-state index is 12.7. The van der Waals surface area contributed by atoms with Crippen LogP contribution in [0.2, 0.25) is 0 Å². The van der Waals surface area contributed by atoms with E-state index in [1.54, 1.807) is 0 Å². The summed E-state index contributed by atoms with van der Waals surface area (Å²) in [5, 5.41) is 0. The number of hydrogen-bond donors (Lipinski definition) is 1. The summed E-state index contributed by atoms with van der Waals surface area (Å²) in [4.78, 5) is 0.379. The largest absolute Gasteiger partial charge is 0.393 e. The summed E-state index contributed by atoms with van der Waals surface area (Å²) in [6.45, 7) is 0. The van der Waals surface area contributed by atoms with Crippen molar-refractivity contribution < 1.29 is 8.78 Å². The molecule has 1 rings (SSSR count). The number of benzene rings is 1. The lowest BCUT2D eigenvalue weighted by molar-refractivity contribution is 0.507. The summed E-state index contributed by atoms with van der Waals surface area (Å²) in [5.74, 6) is -1.67. The fourth-order valence-electron chi connectivity index (χ4n) is 0.963. The first-order valence-electron chi connectivity index (χ1n) is 3.82. The Kier molecular flexibility index (Phi) is 3.31. The second-order valence-corrected chi connectivity index (χ2v) is 3.24. The molecule has 0 saturated heterocycles. The zero-order valence-electron chi connectivity index (χ0n) is 6.89. The van der Waals surface area contributed by atoms with Gasteiger partial charge >= 0.3 is 0 Å². The summed E-state index contributed by atoms with van der Waals surface area (Å²) >= 11 is 4.66. The van der Waals surface area contributed by atoms with E-state index in [2.05, 4.69) is 12.2 Å². The van der Waals surface area contributed by atoms with Crippen molar-refractivity contribution in [1.82, 2.24) is 0 Å². The molecule has 4 heteroatoms. The molecule has 0 atom stereocenters. The quantitative estimate of drug-likeness (QED) is 0.758. The zero-order valence-corrected chi connectivity index (χ0v) is 7.70. The van der Waals surface area contributed by atoms with Crippen LogP contribution in [0.25, 0.3) is 0 Å². The van der Waals surface area contributed by atoms with Crippen molar-refractivity contribution >= 4 is 17.2 Å². The molecule has 0 fully saturated rings. The summed E-state index contributed by atoms with van der Waals surface area (Å²) < 4.78 is 25.1. The minimum atomic E-state index is -0.834. The number of rotatable bonds is 3. The topological polar surface area (TPSA) is 26.0 Å². The fourth-order valence-corrected chi connectivity index (χ4v) is 1.06. The van der Waals surface area contributed by atoms with E-state index >= 15 is 0 Å². The first-order chi connectivity index (χ1) is 6.09. The Morgan fingerprint density at radius 1 is 1.31 bits per heavy atom. The summed E-state index contributed by atoms with van der Waals surface area (Å²) in [5.41, 5.74) is 5.97. The Morgan fingerprint density at radius 3 is 2.54 bits per heavy atom. The molecule has 70 valence electrons. The lowest BCUT2D eigenvalue weighted by atomic mass is 10.1. The van der Waals surface area contributed by atoms with Crippen LogP contribution in [0.4, 0.5) is 8.78 Å². The number of hydrogen-bond acceptors (Lipinski definition) is 1. The van der Waals surface area contributed by atoms with Crippen LogP contribution < -0.4 is 5.73 Å². The van der Waals surface area contributed by atoms with Gasteiger partial charge in [-0.25, -0.2) is 8.78 Å². The molecule has 0 aromatic heterocycles. The smallest absolute Gasteiger partial charge is 0.159 e. The second-order valence-electron chi connectivity index (χ2n) is 2.71. The van der Waals surface area contributed by atoms with E-state index < -0.39 is 11.6 Å². The van der Waals surface area contributed by atoms with Gasteiger partial charge in [-0.3, -0.25) is 0 Å². The number of halogens is 2. The molecule has 0 spiro atoms. The third-order valence-corrected chi connectivity index (χ3v) is 1.85. The minimum Gasteiger partial charge on any atom is -0.393 e. The Balaban J connectivity index is 2.68.